The number of unbranched alkanes of at least 4 members (excludes halogenated alkanes) is 2. The van der Waals surface area contributed by atoms with E-state index in [9.17, 15) is 0 Å². The van der Waals surface area contributed by atoms with Crippen molar-refractivity contribution in [2.75, 3.05) is 13.2 Å². The first kappa shape index (κ1) is 15.8. The van der Waals surface area contributed by atoms with Crippen LogP contribution >= 0.6 is 0 Å². The summed E-state index contributed by atoms with van der Waals surface area (Å²) in [5.74, 6) is 0.192. The quantitative estimate of drug-likeness (QED) is 0.460. The van der Waals surface area contributed by atoms with Crippen LogP contribution < -0.4 is 5.73 Å². The number of hydrogen-bond acceptors (Lipinski definition) is 2. The van der Waals surface area contributed by atoms with Crippen molar-refractivity contribution in [3.8, 4) is 0 Å². The molecule has 116 valence electrons. The first-order valence-electron chi connectivity index (χ1n) is 8.08. The summed E-state index contributed by atoms with van der Waals surface area (Å²) in [5.41, 5.74) is 8.63. The molecule has 4 nitrogen and oxygen atoms in total. The SMILES string of the molecule is CCCCCN(CN1Cc2ccccc2C1CC)C(=N)N. The molecule has 0 saturated carbocycles. The zero-order valence-electron chi connectivity index (χ0n) is 13.3. The summed E-state index contributed by atoms with van der Waals surface area (Å²) < 4.78 is 0. The third-order valence-corrected chi connectivity index (χ3v) is 4.34. The molecule has 3 N–H and O–H groups in total. The first-order valence-corrected chi connectivity index (χ1v) is 8.08. The maximum Gasteiger partial charge on any atom is 0.189 e. The molecular weight excluding hydrogens is 260 g/mol. The standard InChI is InChI=1S/C17H28N4/c1-3-5-8-11-20(17(18)19)13-21-12-14-9-6-7-10-15(14)16(21)4-2/h6-7,9-10,16H,3-5,8,11-13H2,1-2H3,(H3,18,19). The van der Waals surface area contributed by atoms with E-state index in [0.717, 1.165) is 32.6 Å². The molecule has 1 atom stereocenters. The molecule has 1 aromatic rings. The van der Waals surface area contributed by atoms with Crippen LogP contribution in [0.15, 0.2) is 24.3 Å². The van der Waals surface area contributed by atoms with Crippen LogP contribution in [0.2, 0.25) is 0 Å². The fourth-order valence-corrected chi connectivity index (χ4v) is 3.19. The molecule has 0 fully saturated rings. The molecule has 0 spiro atoms. The molecule has 4 heteroatoms. The van der Waals surface area contributed by atoms with Gasteiger partial charge in [-0.1, -0.05) is 51.0 Å². The van der Waals surface area contributed by atoms with Crippen molar-refractivity contribution in [1.82, 2.24) is 9.80 Å². The van der Waals surface area contributed by atoms with Gasteiger partial charge in [0.1, 0.15) is 0 Å². The van der Waals surface area contributed by atoms with Crippen LogP contribution in [0, 0.1) is 5.41 Å². The summed E-state index contributed by atoms with van der Waals surface area (Å²) in [7, 11) is 0. The number of nitrogens with two attached hydrogens (primary N) is 1. The minimum absolute atomic E-state index is 0.192. The highest BCUT2D eigenvalue weighted by molar-refractivity contribution is 5.74. The number of nitrogens with zero attached hydrogens (tertiary/aromatic N) is 2. The number of rotatable bonds is 7. The van der Waals surface area contributed by atoms with Gasteiger partial charge in [-0.2, -0.15) is 0 Å². The molecule has 21 heavy (non-hydrogen) atoms. The van der Waals surface area contributed by atoms with Gasteiger partial charge in [-0.3, -0.25) is 10.3 Å². The van der Waals surface area contributed by atoms with Crippen molar-refractivity contribution < 1.29 is 0 Å². The molecule has 1 aliphatic heterocycles. The van der Waals surface area contributed by atoms with E-state index < -0.39 is 0 Å². The Morgan fingerprint density at radius 1 is 1.33 bits per heavy atom. The molecule has 0 aromatic heterocycles. The Morgan fingerprint density at radius 3 is 2.76 bits per heavy atom. The zero-order chi connectivity index (χ0) is 15.2. The van der Waals surface area contributed by atoms with Gasteiger partial charge in [-0.25, -0.2) is 0 Å². The number of guanidine groups is 1. The monoisotopic (exact) mass is 288 g/mol. The molecular formula is C17H28N4. The summed E-state index contributed by atoms with van der Waals surface area (Å²) >= 11 is 0. The van der Waals surface area contributed by atoms with Gasteiger partial charge in [-0.15, -0.1) is 0 Å². The van der Waals surface area contributed by atoms with Gasteiger partial charge in [0.2, 0.25) is 0 Å². The summed E-state index contributed by atoms with van der Waals surface area (Å²) in [6, 6.07) is 9.13. The molecule has 0 bridgehead atoms. The van der Waals surface area contributed by atoms with Crippen molar-refractivity contribution >= 4 is 5.96 Å². The average molecular weight is 288 g/mol. The highest BCUT2D eigenvalue weighted by atomic mass is 15.4. The minimum atomic E-state index is 0.192. The van der Waals surface area contributed by atoms with Crippen molar-refractivity contribution in [3.05, 3.63) is 35.4 Å². The predicted molar refractivity (Wildman–Crippen MR) is 88.0 cm³/mol. The lowest BCUT2D eigenvalue weighted by atomic mass is 10.0. The summed E-state index contributed by atoms with van der Waals surface area (Å²) in [6.45, 7) is 7.03. The van der Waals surface area contributed by atoms with Crippen molar-refractivity contribution in [1.29, 1.82) is 5.41 Å². The van der Waals surface area contributed by atoms with E-state index in [1.807, 2.05) is 4.90 Å². The Hall–Kier alpha value is -1.55. The van der Waals surface area contributed by atoms with Gasteiger partial charge in [0.15, 0.2) is 5.96 Å². The molecule has 0 saturated heterocycles. The third kappa shape index (κ3) is 3.76. The first-order chi connectivity index (χ1) is 10.2. The van der Waals surface area contributed by atoms with Crippen molar-refractivity contribution in [2.24, 2.45) is 5.73 Å². The predicted octanol–water partition coefficient (Wildman–Crippen LogP) is 3.30. The fourth-order valence-electron chi connectivity index (χ4n) is 3.19. The lowest BCUT2D eigenvalue weighted by molar-refractivity contribution is 0.138. The molecule has 0 aliphatic carbocycles. The maximum atomic E-state index is 7.81. The van der Waals surface area contributed by atoms with Gasteiger partial charge >= 0.3 is 0 Å². The lowest BCUT2D eigenvalue weighted by Crippen LogP contribution is -2.44. The highest BCUT2D eigenvalue weighted by Crippen LogP contribution is 2.35. The Labute approximate surface area is 128 Å². The molecule has 0 amide bonds. The van der Waals surface area contributed by atoms with Crippen LogP contribution in [0.5, 0.6) is 0 Å². The smallest absolute Gasteiger partial charge is 0.189 e. The van der Waals surface area contributed by atoms with Crippen LogP contribution in [0.3, 0.4) is 0 Å². The molecule has 2 rings (SSSR count). The average Bonchev–Trinajstić information content (AvgIpc) is 2.83. The Balaban J connectivity index is 2.02. The van der Waals surface area contributed by atoms with Gasteiger partial charge in [0, 0.05) is 19.1 Å². The van der Waals surface area contributed by atoms with Gasteiger partial charge in [0.05, 0.1) is 6.67 Å². The second-order valence-electron chi connectivity index (χ2n) is 5.87. The molecule has 1 heterocycles. The largest absolute Gasteiger partial charge is 0.370 e. The van der Waals surface area contributed by atoms with Crippen LogP contribution in [-0.2, 0) is 6.54 Å². The molecule has 0 radical (unpaired) electrons. The van der Waals surface area contributed by atoms with E-state index in [1.165, 1.54) is 24.0 Å². The summed E-state index contributed by atoms with van der Waals surface area (Å²) in [6.07, 6.45) is 4.59. The number of hydrogen-bond donors (Lipinski definition) is 2. The van der Waals surface area contributed by atoms with Crippen molar-refractivity contribution in [2.45, 2.75) is 52.1 Å². The van der Waals surface area contributed by atoms with Gasteiger partial charge < -0.3 is 10.6 Å². The number of fused-ring (bicyclic) bond motifs is 1. The second-order valence-corrected chi connectivity index (χ2v) is 5.87. The van der Waals surface area contributed by atoms with E-state index in [4.69, 9.17) is 11.1 Å². The summed E-state index contributed by atoms with van der Waals surface area (Å²) in [4.78, 5) is 4.45. The zero-order valence-corrected chi connectivity index (χ0v) is 13.3. The lowest BCUT2D eigenvalue weighted by Gasteiger charge is -2.31. The number of benzene rings is 1. The van der Waals surface area contributed by atoms with E-state index in [0.29, 0.717) is 6.04 Å². The molecule has 1 aromatic carbocycles. The van der Waals surface area contributed by atoms with E-state index in [-0.39, 0.29) is 5.96 Å². The van der Waals surface area contributed by atoms with Crippen LogP contribution in [0.25, 0.3) is 0 Å². The fraction of sp³-hybridized carbons (Fsp3) is 0.588. The Bertz CT molecular complexity index is 472. The van der Waals surface area contributed by atoms with Crippen molar-refractivity contribution in [3.63, 3.8) is 0 Å². The van der Waals surface area contributed by atoms with Crippen LogP contribution in [0.1, 0.15) is 56.7 Å². The van der Waals surface area contributed by atoms with Crippen LogP contribution in [-0.4, -0.2) is 29.0 Å². The topological polar surface area (TPSA) is 56.4 Å². The molecule has 1 unspecified atom stereocenters. The maximum absolute atomic E-state index is 7.81. The third-order valence-electron chi connectivity index (χ3n) is 4.34. The van der Waals surface area contributed by atoms with Gasteiger partial charge in [0.25, 0.3) is 0 Å². The van der Waals surface area contributed by atoms with Gasteiger partial charge in [-0.05, 0) is 24.0 Å². The second kappa shape index (κ2) is 7.46. The highest BCUT2D eigenvalue weighted by Gasteiger charge is 2.29. The van der Waals surface area contributed by atoms with E-state index in [2.05, 4.69) is 43.0 Å². The summed E-state index contributed by atoms with van der Waals surface area (Å²) in [5, 5.41) is 7.81. The van der Waals surface area contributed by atoms with E-state index in [1.54, 1.807) is 0 Å². The Kier molecular flexibility index (Phi) is 5.62. The van der Waals surface area contributed by atoms with E-state index >= 15 is 0 Å². The number of nitrogens with one attached hydrogen (secondary N) is 1. The molecule has 1 aliphatic rings. The normalized spacial score (nSPS) is 17.7. The van der Waals surface area contributed by atoms with Crippen LogP contribution in [0.4, 0.5) is 0 Å². The minimum Gasteiger partial charge on any atom is -0.370 e. The Morgan fingerprint density at radius 2 is 2.10 bits per heavy atom.